The molecule has 0 amide bonds. The Morgan fingerprint density at radius 1 is 0.706 bits per heavy atom. The molecule has 0 radical (unpaired) electrons. The van der Waals surface area contributed by atoms with E-state index >= 15 is 0 Å². The molecule has 0 aromatic rings. The van der Waals surface area contributed by atoms with E-state index < -0.39 is 0 Å². The molecule has 3 aliphatic carbocycles. The topological polar surface area (TPSA) is 0 Å². The molecule has 3 aliphatic rings. The molecule has 2 heteroatoms. The van der Waals surface area contributed by atoms with E-state index in [1.807, 2.05) is 0 Å². The van der Waals surface area contributed by atoms with Crippen molar-refractivity contribution in [2.24, 2.45) is 29.6 Å². The van der Waals surface area contributed by atoms with Crippen LogP contribution in [-0.2, 0) is 0 Å². The van der Waals surface area contributed by atoms with Crippen LogP contribution in [0.2, 0.25) is 5.21 Å². The van der Waals surface area contributed by atoms with E-state index in [2.05, 4.69) is 22.6 Å². The van der Waals surface area contributed by atoms with Crippen LogP contribution in [0.15, 0.2) is 0 Å². The maximum atomic E-state index is 2.51. The Labute approximate surface area is 109 Å². The second kappa shape index (κ2) is 4.35. The predicted octanol–water partition coefficient (Wildman–Crippen LogP) is 2.63. The molecule has 0 spiro atoms. The normalized spacial score (nSPS) is 46.3. The van der Waals surface area contributed by atoms with E-state index in [1.54, 1.807) is 25.7 Å². The number of hydrogen-bond acceptors (Lipinski definition) is 0. The third-order valence-corrected chi connectivity index (χ3v) is 6.22. The van der Waals surface area contributed by atoms with Crippen LogP contribution in [0.25, 0.3) is 0 Å². The Kier molecular flexibility index (Phi) is 3.12. The van der Waals surface area contributed by atoms with Gasteiger partial charge in [0.15, 0.2) is 0 Å². The fourth-order valence-electron chi connectivity index (χ4n) is 5.93. The van der Waals surface area contributed by atoms with E-state index in [0.717, 1.165) is 29.6 Å². The summed E-state index contributed by atoms with van der Waals surface area (Å²) in [5.74, 6) is 5.48. The zero-order chi connectivity index (χ0) is 12.0. The quantitative estimate of drug-likeness (QED) is 0.607. The summed E-state index contributed by atoms with van der Waals surface area (Å²) in [6.07, 6.45) is 12.3. The minimum absolute atomic E-state index is 0.553. The van der Waals surface area contributed by atoms with E-state index in [0.29, 0.717) is 5.21 Å². The summed E-state index contributed by atoms with van der Waals surface area (Å²) in [5, 5.41) is 0.553. The van der Waals surface area contributed by atoms with Crippen molar-refractivity contribution in [3.63, 3.8) is 0 Å². The smallest absolute Gasteiger partial charge is 0.0839 e. The number of fused-ring (bicyclic) bond motifs is 3. The van der Waals surface area contributed by atoms with Crippen LogP contribution < -0.4 is 0 Å². The molecule has 0 aliphatic heterocycles. The summed E-state index contributed by atoms with van der Waals surface area (Å²) in [5.41, 5.74) is 0. The van der Waals surface area contributed by atoms with Crippen LogP contribution in [0.5, 0.6) is 0 Å². The summed E-state index contributed by atoms with van der Waals surface area (Å²) >= 11 is 0. The highest BCUT2D eigenvalue weighted by atomic mass is 14.6. The molecular weight excluding hydrogens is 202 g/mol. The fourth-order valence-corrected chi connectivity index (χ4v) is 5.93. The van der Waals surface area contributed by atoms with Gasteiger partial charge in [-0.3, -0.25) is 0 Å². The minimum Gasteiger partial charge on any atom is -0.0839 e. The van der Waals surface area contributed by atoms with Gasteiger partial charge in [-0.25, -0.2) is 0 Å². The summed E-state index contributed by atoms with van der Waals surface area (Å²) in [4.78, 5) is 0. The number of hydrogen-bond donors (Lipinski definition) is 0. The SMILES string of the molecule is BC(B)(C)C1C2CCCCC2C2CCCCC21. The average molecular weight is 230 g/mol. The highest BCUT2D eigenvalue weighted by Crippen LogP contribution is 2.62. The van der Waals surface area contributed by atoms with Crippen molar-refractivity contribution >= 4 is 15.7 Å². The zero-order valence-electron chi connectivity index (χ0n) is 12.0. The van der Waals surface area contributed by atoms with Gasteiger partial charge in [-0.1, -0.05) is 37.8 Å². The molecule has 4 atom stereocenters. The van der Waals surface area contributed by atoms with Gasteiger partial charge < -0.3 is 0 Å². The fraction of sp³-hybridized carbons (Fsp3) is 1.00. The molecule has 0 N–H and O–H groups in total. The Hall–Kier alpha value is 0.130. The highest BCUT2D eigenvalue weighted by molar-refractivity contribution is 6.39. The molecule has 0 aromatic carbocycles. The first-order chi connectivity index (χ1) is 8.09. The van der Waals surface area contributed by atoms with Crippen molar-refractivity contribution in [1.29, 1.82) is 0 Å². The van der Waals surface area contributed by atoms with Gasteiger partial charge in [0.2, 0.25) is 0 Å². The highest BCUT2D eigenvalue weighted by Gasteiger charge is 2.53. The zero-order valence-corrected chi connectivity index (χ0v) is 12.0. The van der Waals surface area contributed by atoms with Gasteiger partial charge in [0.25, 0.3) is 0 Å². The lowest BCUT2D eigenvalue weighted by Gasteiger charge is -2.40. The summed E-state index contributed by atoms with van der Waals surface area (Å²) < 4.78 is 0. The number of rotatable bonds is 1. The van der Waals surface area contributed by atoms with Crippen molar-refractivity contribution in [2.45, 2.75) is 63.5 Å². The van der Waals surface area contributed by atoms with E-state index in [4.69, 9.17) is 0 Å². The van der Waals surface area contributed by atoms with Gasteiger partial charge in [-0.2, -0.15) is 0 Å². The van der Waals surface area contributed by atoms with Crippen LogP contribution in [0.1, 0.15) is 58.3 Å². The lowest BCUT2D eigenvalue weighted by Crippen LogP contribution is -2.32. The van der Waals surface area contributed by atoms with E-state index in [-0.39, 0.29) is 0 Å². The molecule has 0 nitrogen and oxygen atoms in total. The molecule has 17 heavy (non-hydrogen) atoms. The van der Waals surface area contributed by atoms with Crippen molar-refractivity contribution in [3.05, 3.63) is 0 Å². The molecule has 0 heterocycles. The standard InChI is InChI=1S/C15H28B2/c1-15(16,17)14-12-8-4-2-6-10(12)11-7-3-5-9-13(11)14/h10-14H,2-9,16-17H2,1H3. The summed E-state index contributed by atoms with van der Waals surface area (Å²) in [6, 6.07) is 0. The molecular formula is C15H28B2. The third-order valence-electron chi connectivity index (χ3n) is 6.22. The molecule has 3 saturated carbocycles. The lowest BCUT2D eigenvalue weighted by molar-refractivity contribution is 0.184. The second-order valence-electron chi connectivity index (χ2n) is 8.12. The molecule has 3 rings (SSSR count). The molecule has 0 aromatic heterocycles. The Balaban J connectivity index is 1.90. The van der Waals surface area contributed by atoms with Crippen LogP contribution in [-0.4, -0.2) is 15.7 Å². The van der Waals surface area contributed by atoms with Crippen molar-refractivity contribution in [2.75, 3.05) is 0 Å². The summed E-state index contributed by atoms with van der Waals surface area (Å²) in [6.45, 7) is 2.51. The largest absolute Gasteiger partial charge is 0.0992 e. The average Bonchev–Trinajstić information content (AvgIpc) is 2.63. The second-order valence-corrected chi connectivity index (χ2v) is 8.12. The Morgan fingerprint density at radius 3 is 1.41 bits per heavy atom. The Morgan fingerprint density at radius 2 is 1.06 bits per heavy atom. The van der Waals surface area contributed by atoms with Crippen LogP contribution in [0.4, 0.5) is 0 Å². The first-order valence-electron chi connectivity index (χ1n) is 8.09. The van der Waals surface area contributed by atoms with Crippen LogP contribution in [0.3, 0.4) is 0 Å². The molecule has 4 unspecified atom stereocenters. The van der Waals surface area contributed by atoms with E-state index in [9.17, 15) is 0 Å². The van der Waals surface area contributed by atoms with Gasteiger partial charge >= 0.3 is 0 Å². The van der Waals surface area contributed by atoms with Gasteiger partial charge in [0, 0.05) is 0 Å². The molecule has 0 saturated heterocycles. The lowest BCUT2D eigenvalue weighted by atomic mass is 9.45. The first-order valence-corrected chi connectivity index (χ1v) is 8.09. The predicted molar refractivity (Wildman–Crippen MR) is 79.8 cm³/mol. The van der Waals surface area contributed by atoms with Gasteiger partial charge in [-0.05, 0) is 55.3 Å². The van der Waals surface area contributed by atoms with Crippen LogP contribution >= 0.6 is 0 Å². The van der Waals surface area contributed by atoms with Crippen LogP contribution in [0, 0.1) is 29.6 Å². The summed E-state index contributed by atoms with van der Waals surface area (Å²) in [7, 11) is 5.03. The third kappa shape index (κ3) is 2.00. The minimum atomic E-state index is 0.553. The van der Waals surface area contributed by atoms with Crippen molar-refractivity contribution in [3.8, 4) is 0 Å². The Bertz CT molecular complexity index is 259. The molecule has 0 bridgehead atoms. The molecule has 3 fully saturated rings. The first kappa shape index (κ1) is 12.2. The molecule has 94 valence electrons. The van der Waals surface area contributed by atoms with E-state index in [1.165, 1.54) is 25.7 Å². The maximum Gasteiger partial charge on any atom is 0.0992 e. The van der Waals surface area contributed by atoms with Gasteiger partial charge in [-0.15, -0.1) is 0 Å². The van der Waals surface area contributed by atoms with Gasteiger partial charge in [0.1, 0.15) is 0 Å². The monoisotopic (exact) mass is 230 g/mol. The van der Waals surface area contributed by atoms with Gasteiger partial charge in [0.05, 0.1) is 15.7 Å². The van der Waals surface area contributed by atoms with Crippen molar-refractivity contribution in [1.82, 2.24) is 0 Å². The van der Waals surface area contributed by atoms with Crippen molar-refractivity contribution < 1.29 is 0 Å². The maximum absolute atomic E-state index is 2.51.